The number of phenolic OH excluding ortho intramolecular Hbond substituents is 1. The van der Waals surface area contributed by atoms with Gasteiger partial charge in [0.05, 0.1) is 17.9 Å². The van der Waals surface area contributed by atoms with Gasteiger partial charge in [-0.1, -0.05) is 6.07 Å². The number of anilines is 1. The molecule has 0 fully saturated rings. The summed E-state index contributed by atoms with van der Waals surface area (Å²) < 4.78 is 4.95. The predicted octanol–water partition coefficient (Wildman–Crippen LogP) is 0.151. The van der Waals surface area contributed by atoms with E-state index in [2.05, 4.69) is 0 Å². The molecule has 0 bridgehead atoms. The van der Waals surface area contributed by atoms with Gasteiger partial charge in [-0.25, -0.2) is 0 Å². The zero-order valence-electron chi connectivity index (χ0n) is 12.5. The fourth-order valence-corrected chi connectivity index (χ4v) is 1.66. The van der Waals surface area contributed by atoms with Crippen molar-refractivity contribution in [3.63, 3.8) is 0 Å². The Morgan fingerprint density at radius 3 is 2.57 bits per heavy atom. The van der Waals surface area contributed by atoms with Crippen molar-refractivity contribution in [1.29, 1.82) is 0 Å². The second kappa shape index (κ2) is 7.49. The van der Waals surface area contributed by atoms with Crippen molar-refractivity contribution in [1.82, 2.24) is 9.80 Å². The first-order valence-corrected chi connectivity index (χ1v) is 6.44. The quantitative estimate of drug-likeness (QED) is 0.575. The maximum Gasteiger partial charge on any atom is 0.258 e. The summed E-state index contributed by atoms with van der Waals surface area (Å²) in [7, 11) is 4.73. The fraction of sp³-hybridized carbons (Fsp3) is 0.429. The molecule has 21 heavy (non-hydrogen) atoms. The molecule has 1 aromatic carbocycles. The van der Waals surface area contributed by atoms with Crippen molar-refractivity contribution in [2.24, 2.45) is 0 Å². The molecule has 2 amide bonds. The smallest absolute Gasteiger partial charge is 0.258 e. The minimum Gasteiger partial charge on any atom is -0.505 e. The van der Waals surface area contributed by atoms with Crippen LogP contribution in [0.5, 0.6) is 5.75 Å². The summed E-state index contributed by atoms with van der Waals surface area (Å²) in [6.45, 7) is 0.433. The van der Waals surface area contributed by atoms with E-state index in [1.165, 1.54) is 29.0 Å². The lowest BCUT2D eigenvalue weighted by atomic mass is 10.1. The molecule has 7 heteroatoms. The van der Waals surface area contributed by atoms with Gasteiger partial charge in [0.1, 0.15) is 6.54 Å². The largest absolute Gasteiger partial charge is 0.505 e. The molecule has 7 nitrogen and oxygen atoms in total. The standard InChI is InChI=1S/C14H21N3O4/c1-16(2)12(18)9-17(7-8-21-3)14(20)10-5-4-6-11(15)13(10)19/h4-6,19H,7-9,15H2,1-3H3. The van der Waals surface area contributed by atoms with E-state index in [-0.39, 0.29) is 42.6 Å². The monoisotopic (exact) mass is 295 g/mol. The van der Waals surface area contributed by atoms with Crippen LogP contribution in [0.1, 0.15) is 10.4 Å². The van der Waals surface area contributed by atoms with E-state index in [1.807, 2.05) is 0 Å². The van der Waals surface area contributed by atoms with Crippen molar-refractivity contribution >= 4 is 17.5 Å². The number of carbonyl (C=O) groups is 2. The number of rotatable bonds is 6. The maximum absolute atomic E-state index is 12.5. The normalized spacial score (nSPS) is 10.2. The van der Waals surface area contributed by atoms with Gasteiger partial charge in [0.15, 0.2) is 5.75 Å². The average Bonchev–Trinajstić information content (AvgIpc) is 2.45. The van der Waals surface area contributed by atoms with Crippen molar-refractivity contribution in [2.45, 2.75) is 0 Å². The molecule has 0 spiro atoms. The van der Waals surface area contributed by atoms with E-state index in [1.54, 1.807) is 20.2 Å². The zero-order valence-corrected chi connectivity index (χ0v) is 12.5. The number of phenols is 1. The molecule has 0 heterocycles. The third-order valence-corrected chi connectivity index (χ3v) is 2.98. The van der Waals surface area contributed by atoms with E-state index in [0.717, 1.165) is 0 Å². The number of amides is 2. The number of nitrogen functional groups attached to an aromatic ring is 1. The van der Waals surface area contributed by atoms with Crippen LogP contribution in [0.25, 0.3) is 0 Å². The SMILES string of the molecule is COCCN(CC(=O)N(C)C)C(=O)c1cccc(N)c1O. The first kappa shape index (κ1) is 16.8. The molecule has 3 N–H and O–H groups in total. The highest BCUT2D eigenvalue weighted by Gasteiger charge is 2.22. The number of methoxy groups -OCH3 is 1. The summed E-state index contributed by atoms with van der Waals surface area (Å²) in [5, 5.41) is 9.89. The summed E-state index contributed by atoms with van der Waals surface area (Å²) in [6, 6.07) is 4.54. The van der Waals surface area contributed by atoms with Gasteiger partial charge in [0, 0.05) is 27.7 Å². The van der Waals surface area contributed by atoms with Crippen molar-refractivity contribution in [2.75, 3.05) is 46.6 Å². The van der Waals surface area contributed by atoms with Crippen LogP contribution in [-0.4, -0.2) is 67.6 Å². The first-order valence-electron chi connectivity index (χ1n) is 6.44. The lowest BCUT2D eigenvalue weighted by molar-refractivity contribution is -0.129. The van der Waals surface area contributed by atoms with E-state index < -0.39 is 5.91 Å². The number of aromatic hydroxyl groups is 1. The molecule has 116 valence electrons. The maximum atomic E-state index is 12.5. The van der Waals surface area contributed by atoms with Gasteiger partial charge in [-0.3, -0.25) is 9.59 Å². The highest BCUT2D eigenvalue weighted by atomic mass is 16.5. The molecule has 0 radical (unpaired) electrons. The lowest BCUT2D eigenvalue weighted by Crippen LogP contribution is -2.41. The van der Waals surface area contributed by atoms with E-state index in [0.29, 0.717) is 0 Å². The van der Waals surface area contributed by atoms with E-state index >= 15 is 0 Å². The molecular weight excluding hydrogens is 274 g/mol. The van der Waals surface area contributed by atoms with Gasteiger partial charge in [0.25, 0.3) is 5.91 Å². The Bertz CT molecular complexity index is 517. The van der Waals surface area contributed by atoms with Crippen molar-refractivity contribution in [3.8, 4) is 5.75 Å². The number of hydrogen-bond donors (Lipinski definition) is 2. The molecule has 0 aliphatic carbocycles. The van der Waals surface area contributed by atoms with Gasteiger partial charge in [-0.15, -0.1) is 0 Å². The van der Waals surface area contributed by atoms with Crippen LogP contribution in [0, 0.1) is 0 Å². The number of nitrogens with zero attached hydrogens (tertiary/aromatic N) is 2. The number of hydrogen-bond acceptors (Lipinski definition) is 5. The van der Waals surface area contributed by atoms with Gasteiger partial charge in [-0.2, -0.15) is 0 Å². The van der Waals surface area contributed by atoms with Crippen molar-refractivity contribution < 1.29 is 19.4 Å². The summed E-state index contributed by atoms with van der Waals surface area (Å²) in [5.74, 6) is -0.961. The molecule has 0 aromatic heterocycles. The predicted molar refractivity (Wildman–Crippen MR) is 79.0 cm³/mol. The Morgan fingerprint density at radius 2 is 2.00 bits per heavy atom. The second-order valence-corrected chi connectivity index (χ2v) is 4.75. The van der Waals surface area contributed by atoms with E-state index in [4.69, 9.17) is 10.5 Å². The molecule has 0 unspecified atom stereocenters. The number of carbonyl (C=O) groups excluding carboxylic acids is 2. The number of para-hydroxylation sites is 1. The van der Waals surface area contributed by atoms with Gasteiger partial charge >= 0.3 is 0 Å². The number of benzene rings is 1. The van der Waals surface area contributed by atoms with E-state index in [9.17, 15) is 14.7 Å². The van der Waals surface area contributed by atoms with Crippen molar-refractivity contribution in [3.05, 3.63) is 23.8 Å². The van der Waals surface area contributed by atoms with Gasteiger partial charge in [0.2, 0.25) is 5.91 Å². The van der Waals surface area contributed by atoms with Crippen LogP contribution in [0.4, 0.5) is 5.69 Å². The molecule has 0 saturated carbocycles. The zero-order chi connectivity index (χ0) is 16.0. The fourth-order valence-electron chi connectivity index (χ4n) is 1.66. The second-order valence-electron chi connectivity index (χ2n) is 4.75. The van der Waals surface area contributed by atoms with Crippen LogP contribution in [0.2, 0.25) is 0 Å². The highest BCUT2D eigenvalue weighted by Crippen LogP contribution is 2.25. The number of ether oxygens (including phenoxy) is 1. The van der Waals surface area contributed by atoms with Gasteiger partial charge < -0.3 is 25.4 Å². The third kappa shape index (κ3) is 4.35. The Kier molecular flexibility index (Phi) is 5.98. The average molecular weight is 295 g/mol. The summed E-state index contributed by atoms with van der Waals surface area (Å²) >= 11 is 0. The first-order chi connectivity index (χ1) is 9.88. The molecule has 0 aliphatic rings. The topological polar surface area (TPSA) is 96.1 Å². The molecule has 0 saturated heterocycles. The summed E-state index contributed by atoms with van der Waals surface area (Å²) in [4.78, 5) is 27.0. The minimum atomic E-state index is -0.466. The van der Waals surface area contributed by atoms with Crippen LogP contribution < -0.4 is 5.73 Å². The molecular formula is C14H21N3O4. The Hall–Kier alpha value is -2.28. The molecule has 0 atom stereocenters. The Labute approximate surface area is 123 Å². The van der Waals surface area contributed by atoms with Gasteiger partial charge in [-0.05, 0) is 12.1 Å². The summed E-state index contributed by atoms with van der Waals surface area (Å²) in [6.07, 6.45) is 0. The third-order valence-electron chi connectivity index (χ3n) is 2.98. The van der Waals surface area contributed by atoms with Crippen LogP contribution in [-0.2, 0) is 9.53 Å². The number of nitrogens with two attached hydrogens (primary N) is 1. The van der Waals surface area contributed by atoms with Crippen LogP contribution >= 0.6 is 0 Å². The minimum absolute atomic E-state index is 0.0673. The highest BCUT2D eigenvalue weighted by molar-refractivity contribution is 6.00. The number of likely N-dealkylation sites (N-methyl/N-ethyl adjacent to an activating group) is 1. The van der Waals surface area contributed by atoms with Crippen LogP contribution in [0.15, 0.2) is 18.2 Å². The van der Waals surface area contributed by atoms with Crippen LogP contribution in [0.3, 0.4) is 0 Å². The summed E-state index contributed by atoms with van der Waals surface area (Å²) in [5.41, 5.74) is 5.77. The lowest BCUT2D eigenvalue weighted by Gasteiger charge is -2.24. The molecule has 1 rings (SSSR count). The molecule has 0 aliphatic heterocycles. The Balaban J connectivity index is 2.98. The molecule has 1 aromatic rings. The Morgan fingerprint density at radius 1 is 1.33 bits per heavy atom.